The summed E-state index contributed by atoms with van der Waals surface area (Å²) in [5, 5.41) is 2.40. The third-order valence-corrected chi connectivity index (χ3v) is 6.53. The molecule has 0 spiro atoms. The van der Waals surface area contributed by atoms with Crippen molar-refractivity contribution < 1.29 is 4.79 Å². The molecule has 1 saturated heterocycles. The first-order chi connectivity index (χ1) is 14.3. The summed E-state index contributed by atoms with van der Waals surface area (Å²) in [5.74, 6) is -0.755. The maximum atomic E-state index is 12.3. The molecule has 0 aromatic carbocycles. The fourth-order valence-electron chi connectivity index (χ4n) is 3.36. The first-order valence-electron chi connectivity index (χ1n) is 9.91. The molecule has 1 amide bonds. The number of anilines is 2. The van der Waals surface area contributed by atoms with Crippen molar-refractivity contribution in [3.63, 3.8) is 0 Å². The summed E-state index contributed by atoms with van der Waals surface area (Å²) in [6.45, 7) is 4.33. The van der Waals surface area contributed by atoms with Crippen LogP contribution in [0.15, 0.2) is 4.99 Å². The Kier molecular flexibility index (Phi) is 7.94. The van der Waals surface area contributed by atoms with E-state index in [4.69, 9.17) is 28.8 Å². The second-order valence-corrected chi connectivity index (χ2v) is 8.84. The highest BCUT2D eigenvalue weighted by molar-refractivity contribution is 7.95. The molecule has 0 unspecified atom stereocenters. The van der Waals surface area contributed by atoms with E-state index in [2.05, 4.69) is 41.3 Å². The molecule has 0 atom stereocenters. The van der Waals surface area contributed by atoms with Crippen LogP contribution in [0.4, 0.5) is 11.6 Å². The van der Waals surface area contributed by atoms with Crippen LogP contribution < -0.4 is 27.2 Å². The zero-order valence-corrected chi connectivity index (χ0v) is 18.5. The molecule has 1 aliphatic carbocycles. The molecule has 2 aliphatic rings. The monoisotopic (exact) mass is 456 g/mol. The summed E-state index contributed by atoms with van der Waals surface area (Å²) in [4.78, 5) is 26.7. The SMILES string of the molecule is CN1CCN(SNC2CCC(N=C(N)NC(=O)c3nc(Cl)c(N)nc3N)CC2)CC1. The predicted molar refractivity (Wildman–Crippen MR) is 121 cm³/mol. The van der Waals surface area contributed by atoms with Crippen LogP contribution in [0, 0.1) is 0 Å². The maximum absolute atomic E-state index is 12.3. The highest BCUT2D eigenvalue weighted by Gasteiger charge is 2.23. The molecular formula is C17H29ClN10OS. The minimum Gasteiger partial charge on any atom is -0.382 e. The quantitative estimate of drug-likeness (QED) is 0.232. The van der Waals surface area contributed by atoms with E-state index in [1.165, 1.54) is 0 Å². The van der Waals surface area contributed by atoms with Crippen LogP contribution in [-0.2, 0) is 0 Å². The van der Waals surface area contributed by atoms with Crippen molar-refractivity contribution >= 4 is 47.2 Å². The zero-order valence-electron chi connectivity index (χ0n) is 17.0. The van der Waals surface area contributed by atoms with E-state index in [1.54, 1.807) is 12.1 Å². The topological polar surface area (TPSA) is 164 Å². The molecule has 0 bridgehead atoms. The summed E-state index contributed by atoms with van der Waals surface area (Å²) in [6.07, 6.45) is 3.80. The standard InChI is InChI=1S/C17H29ClN10OS/c1-27-6-8-28(9-7-27)30-26-11-4-2-10(3-5-11)22-17(21)25-16(29)12-14(19)24-15(20)13(18)23-12/h10-11,26H,2-9H2,1H3,(H4,19,20,24)(H3,21,22,25,29). The van der Waals surface area contributed by atoms with Gasteiger partial charge < -0.3 is 22.1 Å². The number of carbonyl (C=O) groups is 1. The number of piperazine rings is 1. The van der Waals surface area contributed by atoms with Crippen LogP contribution in [0.3, 0.4) is 0 Å². The number of aliphatic imine (C=N–C) groups is 1. The van der Waals surface area contributed by atoms with E-state index in [9.17, 15) is 4.79 Å². The maximum Gasteiger partial charge on any atom is 0.280 e. The molecular weight excluding hydrogens is 428 g/mol. The lowest BCUT2D eigenvalue weighted by atomic mass is 9.92. The molecule has 2 fully saturated rings. The number of nitrogens with zero attached hydrogens (tertiary/aromatic N) is 5. The second kappa shape index (κ2) is 10.4. The molecule has 0 radical (unpaired) electrons. The van der Waals surface area contributed by atoms with Crippen LogP contribution in [0.5, 0.6) is 0 Å². The van der Waals surface area contributed by atoms with E-state index in [0.717, 1.165) is 51.9 Å². The summed E-state index contributed by atoms with van der Waals surface area (Å²) in [6, 6.07) is 0.513. The molecule has 1 saturated carbocycles. The number of hydrogen-bond acceptors (Lipinski definition) is 10. The number of rotatable bonds is 5. The third kappa shape index (κ3) is 6.32. The number of hydrogen-bond donors (Lipinski definition) is 5. The molecule has 8 N–H and O–H groups in total. The van der Waals surface area contributed by atoms with Gasteiger partial charge in [0.1, 0.15) is 0 Å². The number of carbonyl (C=O) groups excluding carboxylic acids is 1. The molecule has 1 aromatic heterocycles. The predicted octanol–water partition coefficient (Wildman–Crippen LogP) is 0.0503. The van der Waals surface area contributed by atoms with Gasteiger partial charge in [-0.1, -0.05) is 11.6 Å². The lowest BCUT2D eigenvalue weighted by Gasteiger charge is -2.33. The molecule has 2 heterocycles. The lowest BCUT2D eigenvalue weighted by molar-refractivity contribution is 0.0972. The minimum absolute atomic E-state index is 0.0253. The minimum atomic E-state index is -0.623. The van der Waals surface area contributed by atoms with Crippen molar-refractivity contribution in [2.75, 3.05) is 44.7 Å². The van der Waals surface area contributed by atoms with Crippen LogP contribution in [-0.4, -0.2) is 76.4 Å². The Balaban J connectivity index is 1.43. The largest absolute Gasteiger partial charge is 0.382 e. The Morgan fingerprint density at radius 2 is 1.80 bits per heavy atom. The molecule has 3 rings (SSSR count). The van der Waals surface area contributed by atoms with E-state index in [1.807, 2.05) is 0 Å². The average molecular weight is 457 g/mol. The average Bonchev–Trinajstić information content (AvgIpc) is 2.71. The number of nitrogens with one attached hydrogen (secondary N) is 2. The number of nitrogen functional groups attached to an aromatic ring is 2. The Labute approximate surface area is 185 Å². The summed E-state index contributed by atoms with van der Waals surface area (Å²) < 4.78 is 5.94. The highest BCUT2D eigenvalue weighted by Crippen LogP contribution is 2.23. The Morgan fingerprint density at radius 3 is 2.47 bits per heavy atom. The van der Waals surface area contributed by atoms with Gasteiger partial charge >= 0.3 is 0 Å². The van der Waals surface area contributed by atoms with E-state index < -0.39 is 5.91 Å². The van der Waals surface area contributed by atoms with Crippen LogP contribution >= 0.6 is 23.7 Å². The summed E-state index contributed by atoms with van der Waals surface area (Å²) in [7, 11) is 2.15. The third-order valence-electron chi connectivity index (χ3n) is 5.19. The van der Waals surface area contributed by atoms with Gasteiger partial charge in [-0.3, -0.25) is 10.1 Å². The van der Waals surface area contributed by atoms with Crippen molar-refractivity contribution in [3.05, 3.63) is 10.8 Å². The normalized spacial score (nSPS) is 24.0. The Hall–Kier alpha value is -1.86. The summed E-state index contributed by atoms with van der Waals surface area (Å²) >= 11 is 7.53. The van der Waals surface area contributed by atoms with Gasteiger partial charge in [-0.05, 0) is 32.7 Å². The molecule has 1 aliphatic heterocycles. The van der Waals surface area contributed by atoms with E-state index in [0.29, 0.717) is 6.04 Å². The molecule has 30 heavy (non-hydrogen) atoms. The fraction of sp³-hybridized carbons (Fsp3) is 0.647. The van der Waals surface area contributed by atoms with Gasteiger partial charge in [0.25, 0.3) is 5.91 Å². The molecule has 11 nitrogen and oxygen atoms in total. The van der Waals surface area contributed by atoms with Crippen molar-refractivity contribution in [2.45, 2.75) is 37.8 Å². The molecule has 1 aromatic rings. The van der Waals surface area contributed by atoms with Crippen LogP contribution in [0.2, 0.25) is 5.15 Å². The van der Waals surface area contributed by atoms with Crippen molar-refractivity contribution in [3.8, 4) is 0 Å². The lowest BCUT2D eigenvalue weighted by Crippen LogP contribution is -2.43. The van der Waals surface area contributed by atoms with Crippen LogP contribution in [0.1, 0.15) is 36.2 Å². The van der Waals surface area contributed by atoms with Gasteiger partial charge in [0.2, 0.25) is 0 Å². The van der Waals surface area contributed by atoms with E-state index in [-0.39, 0.29) is 34.5 Å². The number of likely N-dealkylation sites (N-methyl/N-ethyl adjacent to an activating group) is 1. The van der Waals surface area contributed by atoms with E-state index >= 15 is 0 Å². The molecule has 13 heteroatoms. The molecule has 166 valence electrons. The van der Waals surface area contributed by atoms with Gasteiger partial charge in [0, 0.05) is 44.4 Å². The van der Waals surface area contributed by atoms with Gasteiger partial charge in [0.15, 0.2) is 28.4 Å². The van der Waals surface area contributed by atoms with Crippen molar-refractivity contribution in [1.29, 1.82) is 0 Å². The first kappa shape index (κ1) is 22.8. The van der Waals surface area contributed by atoms with Gasteiger partial charge in [-0.25, -0.2) is 24.0 Å². The van der Waals surface area contributed by atoms with Gasteiger partial charge in [-0.2, -0.15) is 0 Å². The number of nitrogens with two attached hydrogens (primary N) is 3. The van der Waals surface area contributed by atoms with Gasteiger partial charge in [0.05, 0.1) is 6.04 Å². The smallest absolute Gasteiger partial charge is 0.280 e. The van der Waals surface area contributed by atoms with Crippen molar-refractivity contribution in [1.82, 2.24) is 29.2 Å². The Bertz CT molecular complexity index is 778. The fourth-order valence-corrected chi connectivity index (χ4v) is 4.37. The van der Waals surface area contributed by atoms with Crippen molar-refractivity contribution in [2.24, 2.45) is 10.7 Å². The number of amides is 1. The van der Waals surface area contributed by atoms with Gasteiger partial charge in [-0.15, -0.1) is 0 Å². The number of halogens is 1. The summed E-state index contributed by atoms with van der Waals surface area (Å²) in [5.41, 5.74) is 17.0. The second-order valence-electron chi connectivity index (χ2n) is 7.55. The zero-order chi connectivity index (χ0) is 21.7. The Morgan fingerprint density at radius 1 is 1.13 bits per heavy atom. The number of guanidine groups is 1. The first-order valence-corrected chi connectivity index (χ1v) is 11.1. The number of aromatic nitrogens is 2. The van der Waals surface area contributed by atoms with Crippen LogP contribution in [0.25, 0.3) is 0 Å². The highest BCUT2D eigenvalue weighted by atomic mass is 35.5.